The van der Waals surface area contributed by atoms with Gasteiger partial charge < -0.3 is 10.5 Å². The van der Waals surface area contributed by atoms with Crippen molar-refractivity contribution in [3.63, 3.8) is 0 Å². The topological polar surface area (TPSA) is 81.4 Å². The molecule has 7 heteroatoms. The number of hydrogen-bond acceptors (Lipinski definition) is 4. The molecule has 0 unspecified atom stereocenters. The minimum absolute atomic E-state index is 0.0102. The number of sulfonamides is 1. The minimum Gasteiger partial charge on any atom is -0.495 e. The van der Waals surface area contributed by atoms with E-state index in [2.05, 4.69) is 4.72 Å². The second kappa shape index (κ2) is 5.60. The maximum absolute atomic E-state index is 12.2. The van der Waals surface area contributed by atoms with Crippen LogP contribution in [0.25, 0.3) is 0 Å². The molecule has 0 bridgehead atoms. The molecule has 2 aromatic carbocycles. The highest BCUT2D eigenvalue weighted by molar-refractivity contribution is 7.92. The molecule has 3 N–H and O–H groups in total. The Bertz CT molecular complexity index is 732. The molecule has 106 valence electrons. The van der Waals surface area contributed by atoms with Crippen LogP contribution in [0.1, 0.15) is 0 Å². The fourth-order valence-corrected chi connectivity index (χ4v) is 3.24. The van der Waals surface area contributed by atoms with E-state index in [1.165, 1.54) is 25.3 Å². The van der Waals surface area contributed by atoms with Crippen molar-refractivity contribution < 1.29 is 13.2 Å². The third-order valence-corrected chi connectivity index (χ3v) is 4.49. The Morgan fingerprint density at radius 2 is 1.90 bits per heavy atom. The van der Waals surface area contributed by atoms with Gasteiger partial charge in [-0.1, -0.05) is 23.7 Å². The lowest BCUT2D eigenvalue weighted by Gasteiger charge is -2.11. The van der Waals surface area contributed by atoms with E-state index in [1.54, 1.807) is 24.3 Å². The zero-order chi connectivity index (χ0) is 14.8. The molecule has 0 aliphatic heterocycles. The normalized spacial score (nSPS) is 11.1. The molecule has 2 aromatic rings. The lowest BCUT2D eigenvalue weighted by atomic mass is 10.2. The highest BCUT2D eigenvalue weighted by atomic mass is 35.5. The van der Waals surface area contributed by atoms with Gasteiger partial charge in [-0.3, -0.25) is 4.72 Å². The number of ether oxygens (including phenoxy) is 1. The van der Waals surface area contributed by atoms with Crippen LogP contribution in [-0.4, -0.2) is 15.5 Å². The van der Waals surface area contributed by atoms with Crippen LogP contribution in [0.5, 0.6) is 5.75 Å². The fourth-order valence-electron chi connectivity index (χ4n) is 1.67. The first-order chi connectivity index (χ1) is 9.44. The van der Waals surface area contributed by atoms with Crippen molar-refractivity contribution in [2.24, 2.45) is 0 Å². The molecule has 0 aliphatic rings. The SMILES string of the molecule is COc1ccc(NS(=O)(=O)c2ccccc2Cl)cc1N. The number of nitrogens with two attached hydrogens (primary N) is 1. The number of nitrogens with one attached hydrogen (secondary N) is 1. The van der Waals surface area contributed by atoms with Gasteiger partial charge in [0.05, 0.1) is 23.5 Å². The van der Waals surface area contributed by atoms with E-state index in [-0.39, 0.29) is 9.92 Å². The Labute approximate surface area is 122 Å². The van der Waals surface area contributed by atoms with Crippen molar-refractivity contribution in [3.8, 4) is 5.75 Å². The van der Waals surface area contributed by atoms with Crippen LogP contribution < -0.4 is 15.2 Å². The van der Waals surface area contributed by atoms with E-state index in [9.17, 15) is 8.42 Å². The van der Waals surface area contributed by atoms with E-state index >= 15 is 0 Å². The second-order valence-electron chi connectivity index (χ2n) is 3.99. The van der Waals surface area contributed by atoms with Gasteiger partial charge in [0.15, 0.2) is 0 Å². The highest BCUT2D eigenvalue weighted by Gasteiger charge is 2.17. The Balaban J connectivity index is 2.34. The Morgan fingerprint density at radius 3 is 2.50 bits per heavy atom. The average molecular weight is 313 g/mol. The lowest BCUT2D eigenvalue weighted by Crippen LogP contribution is -2.13. The molecular weight excluding hydrogens is 300 g/mol. The molecule has 20 heavy (non-hydrogen) atoms. The standard InChI is InChI=1S/C13H13ClN2O3S/c1-19-12-7-6-9(8-11(12)15)16-20(17,18)13-5-3-2-4-10(13)14/h2-8,16H,15H2,1H3. The molecule has 0 aliphatic carbocycles. The van der Waals surface area contributed by atoms with Crippen LogP contribution in [0.15, 0.2) is 47.4 Å². The Kier molecular flexibility index (Phi) is 4.06. The molecule has 0 fully saturated rings. The molecule has 2 rings (SSSR count). The first-order valence-corrected chi connectivity index (χ1v) is 7.51. The van der Waals surface area contributed by atoms with Crippen LogP contribution in [-0.2, 0) is 10.0 Å². The molecule has 0 saturated carbocycles. The number of methoxy groups -OCH3 is 1. The van der Waals surface area contributed by atoms with Crippen molar-refractivity contribution in [2.75, 3.05) is 17.6 Å². The zero-order valence-electron chi connectivity index (χ0n) is 10.6. The summed E-state index contributed by atoms with van der Waals surface area (Å²) in [7, 11) is -2.27. The number of benzene rings is 2. The van der Waals surface area contributed by atoms with E-state index in [1.807, 2.05) is 0 Å². The van der Waals surface area contributed by atoms with E-state index in [4.69, 9.17) is 22.1 Å². The smallest absolute Gasteiger partial charge is 0.263 e. The summed E-state index contributed by atoms with van der Waals surface area (Å²) < 4.78 is 31.9. The van der Waals surface area contributed by atoms with E-state index in [0.717, 1.165) is 0 Å². The highest BCUT2D eigenvalue weighted by Crippen LogP contribution is 2.27. The maximum Gasteiger partial charge on any atom is 0.263 e. The lowest BCUT2D eigenvalue weighted by molar-refractivity contribution is 0.417. The van der Waals surface area contributed by atoms with Gasteiger partial charge in [-0.05, 0) is 30.3 Å². The molecule has 0 amide bonds. The van der Waals surface area contributed by atoms with Gasteiger partial charge in [0, 0.05) is 0 Å². The van der Waals surface area contributed by atoms with Crippen LogP contribution in [0, 0.1) is 0 Å². The third kappa shape index (κ3) is 2.97. The number of rotatable bonds is 4. The summed E-state index contributed by atoms with van der Waals surface area (Å²) in [4.78, 5) is 0.0102. The molecule has 0 heterocycles. The van der Waals surface area contributed by atoms with Crippen molar-refractivity contribution in [2.45, 2.75) is 4.90 Å². The summed E-state index contributed by atoms with van der Waals surface area (Å²) in [5.74, 6) is 0.477. The van der Waals surface area contributed by atoms with Gasteiger partial charge in [-0.25, -0.2) is 8.42 Å². The summed E-state index contributed by atoms with van der Waals surface area (Å²) in [6.07, 6.45) is 0. The second-order valence-corrected chi connectivity index (χ2v) is 6.05. The van der Waals surface area contributed by atoms with Gasteiger partial charge in [-0.2, -0.15) is 0 Å². The predicted octanol–water partition coefficient (Wildman–Crippen LogP) is 2.73. The Morgan fingerprint density at radius 1 is 1.20 bits per heavy atom. The minimum atomic E-state index is -3.76. The molecule has 0 aromatic heterocycles. The first kappa shape index (κ1) is 14.5. The van der Waals surface area contributed by atoms with Crippen LogP contribution in [0.2, 0.25) is 5.02 Å². The monoisotopic (exact) mass is 312 g/mol. The van der Waals surface area contributed by atoms with E-state index in [0.29, 0.717) is 17.1 Å². The fraction of sp³-hybridized carbons (Fsp3) is 0.0769. The average Bonchev–Trinajstić information content (AvgIpc) is 2.38. The molecule has 0 saturated heterocycles. The van der Waals surface area contributed by atoms with Crippen molar-refractivity contribution >= 4 is 33.0 Å². The number of hydrogen-bond donors (Lipinski definition) is 2. The Hall–Kier alpha value is -1.92. The van der Waals surface area contributed by atoms with Gasteiger partial charge in [0.2, 0.25) is 0 Å². The largest absolute Gasteiger partial charge is 0.495 e. The summed E-state index contributed by atoms with van der Waals surface area (Å²) in [5.41, 5.74) is 6.41. The van der Waals surface area contributed by atoms with Crippen LogP contribution in [0.3, 0.4) is 0 Å². The molecule has 0 radical (unpaired) electrons. The quantitative estimate of drug-likeness (QED) is 0.851. The molecule has 5 nitrogen and oxygen atoms in total. The van der Waals surface area contributed by atoms with Crippen LogP contribution in [0.4, 0.5) is 11.4 Å². The summed E-state index contributed by atoms with van der Waals surface area (Å²) in [5, 5.41) is 0.154. The third-order valence-electron chi connectivity index (χ3n) is 2.61. The van der Waals surface area contributed by atoms with Gasteiger partial charge >= 0.3 is 0 Å². The van der Waals surface area contributed by atoms with Crippen LogP contribution >= 0.6 is 11.6 Å². The summed E-state index contributed by atoms with van der Waals surface area (Å²) in [6.45, 7) is 0. The predicted molar refractivity (Wildman–Crippen MR) is 79.7 cm³/mol. The first-order valence-electron chi connectivity index (χ1n) is 5.65. The summed E-state index contributed by atoms with van der Waals surface area (Å²) >= 11 is 5.89. The van der Waals surface area contributed by atoms with Gasteiger partial charge in [0.1, 0.15) is 10.6 Å². The number of anilines is 2. The molecule has 0 atom stereocenters. The molecular formula is C13H13ClN2O3S. The van der Waals surface area contributed by atoms with Gasteiger partial charge in [-0.15, -0.1) is 0 Å². The van der Waals surface area contributed by atoms with Crippen molar-refractivity contribution in [1.82, 2.24) is 0 Å². The van der Waals surface area contributed by atoms with Gasteiger partial charge in [0.25, 0.3) is 10.0 Å². The number of nitrogen functional groups attached to an aromatic ring is 1. The molecule has 0 spiro atoms. The zero-order valence-corrected chi connectivity index (χ0v) is 12.2. The number of halogens is 1. The van der Waals surface area contributed by atoms with Crippen molar-refractivity contribution in [3.05, 3.63) is 47.5 Å². The van der Waals surface area contributed by atoms with E-state index < -0.39 is 10.0 Å². The summed E-state index contributed by atoms with van der Waals surface area (Å²) in [6, 6.07) is 10.8. The maximum atomic E-state index is 12.2. The van der Waals surface area contributed by atoms with Crippen molar-refractivity contribution in [1.29, 1.82) is 0 Å².